The molecule has 0 bridgehead atoms. The zero-order valence-corrected chi connectivity index (χ0v) is 13.7. The Morgan fingerprint density at radius 2 is 2.17 bits per heavy atom. The summed E-state index contributed by atoms with van der Waals surface area (Å²) in [5.74, 6) is 0.942. The average Bonchev–Trinajstić information content (AvgIpc) is 3.07. The first-order valence-corrected chi connectivity index (χ1v) is 8.03. The Balaban J connectivity index is 1.98. The van der Waals surface area contributed by atoms with Crippen LogP contribution in [0.4, 0.5) is 0 Å². The molecule has 1 aromatic heterocycles. The standard InChI is InChI=1S/C18H23N3O2/c1-3-19-13-17(22)21-11-10-20-9-5-8-16(20)18(21)14-6-4-7-15(12-14)23-2/h4-9,12,18-19H,3,10-11,13H2,1-2H3. The first-order chi connectivity index (χ1) is 11.2. The van der Waals surface area contributed by atoms with Gasteiger partial charge in [-0.15, -0.1) is 0 Å². The molecule has 2 aromatic rings. The van der Waals surface area contributed by atoms with Gasteiger partial charge in [-0.1, -0.05) is 19.1 Å². The van der Waals surface area contributed by atoms with Crippen molar-refractivity contribution in [3.05, 3.63) is 53.9 Å². The van der Waals surface area contributed by atoms with Crippen LogP contribution < -0.4 is 10.1 Å². The van der Waals surface area contributed by atoms with Crippen molar-refractivity contribution in [3.63, 3.8) is 0 Å². The molecule has 2 heterocycles. The first kappa shape index (κ1) is 15.6. The number of fused-ring (bicyclic) bond motifs is 1. The molecule has 1 aliphatic heterocycles. The van der Waals surface area contributed by atoms with E-state index in [1.807, 2.05) is 36.1 Å². The van der Waals surface area contributed by atoms with Crippen molar-refractivity contribution >= 4 is 5.91 Å². The van der Waals surface area contributed by atoms with Crippen molar-refractivity contribution in [2.75, 3.05) is 26.7 Å². The van der Waals surface area contributed by atoms with Gasteiger partial charge in [0.2, 0.25) is 5.91 Å². The van der Waals surface area contributed by atoms with Crippen LogP contribution in [0.5, 0.6) is 5.75 Å². The lowest BCUT2D eigenvalue weighted by Gasteiger charge is -2.37. The van der Waals surface area contributed by atoms with Crippen LogP contribution in [0.2, 0.25) is 0 Å². The lowest BCUT2D eigenvalue weighted by Crippen LogP contribution is -2.45. The molecule has 0 radical (unpaired) electrons. The van der Waals surface area contributed by atoms with Gasteiger partial charge < -0.3 is 19.5 Å². The molecule has 1 aromatic carbocycles. The van der Waals surface area contributed by atoms with E-state index in [1.54, 1.807) is 7.11 Å². The van der Waals surface area contributed by atoms with Crippen LogP contribution in [0.15, 0.2) is 42.6 Å². The monoisotopic (exact) mass is 313 g/mol. The van der Waals surface area contributed by atoms with Gasteiger partial charge >= 0.3 is 0 Å². The van der Waals surface area contributed by atoms with Gasteiger partial charge in [-0.3, -0.25) is 4.79 Å². The summed E-state index contributed by atoms with van der Waals surface area (Å²) in [6.45, 7) is 4.72. The third kappa shape index (κ3) is 3.10. The van der Waals surface area contributed by atoms with Crippen molar-refractivity contribution in [2.24, 2.45) is 0 Å². The Labute approximate surface area is 136 Å². The normalized spacial score (nSPS) is 17.0. The number of carbonyl (C=O) groups excluding carboxylic acids is 1. The molecule has 5 heteroatoms. The van der Waals surface area contributed by atoms with E-state index < -0.39 is 0 Å². The summed E-state index contributed by atoms with van der Waals surface area (Å²) in [7, 11) is 1.66. The average molecular weight is 313 g/mol. The third-order valence-electron chi connectivity index (χ3n) is 4.29. The summed E-state index contributed by atoms with van der Waals surface area (Å²) in [4.78, 5) is 14.6. The van der Waals surface area contributed by atoms with Gasteiger partial charge in [-0.25, -0.2) is 0 Å². The van der Waals surface area contributed by atoms with Crippen molar-refractivity contribution in [1.82, 2.24) is 14.8 Å². The van der Waals surface area contributed by atoms with Gasteiger partial charge in [-0.05, 0) is 36.4 Å². The lowest BCUT2D eigenvalue weighted by molar-refractivity contribution is -0.132. The topological polar surface area (TPSA) is 46.5 Å². The largest absolute Gasteiger partial charge is 0.497 e. The second-order valence-corrected chi connectivity index (χ2v) is 5.67. The van der Waals surface area contributed by atoms with Crippen LogP contribution in [0.25, 0.3) is 0 Å². The Morgan fingerprint density at radius 1 is 1.30 bits per heavy atom. The fourth-order valence-electron chi connectivity index (χ4n) is 3.15. The smallest absolute Gasteiger partial charge is 0.237 e. The van der Waals surface area contributed by atoms with Crippen LogP contribution in [-0.4, -0.2) is 42.1 Å². The maximum Gasteiger partial charge on any atom is 0.237 e. The van der Waals surface area contributed by atoms with Gasteiger partial charge in [0.25, 0.3) is 0 Å². The third-order valence-corrected chi connectivity index (χ3v) is 4.29. The summed E-state index contributed by atoms with van der Waals surface area (Å²) in [6, 6.07) is 12.0. The van der Waals surface area contributed by atoms with Gasteiger partial charge in [0, 0.05) is 25.0 Å². The molecule has 0 aliphatic carbocycles. The zero-order valence-electron chi connectivity index (χ0n) is 13.7. The van der Waals surface area contributed by atoms with E-state index in [4.69, 9.17) is 4.74 Å². The number of hydrogen-bond acceptors (Lipinski definition) is 3. The van der Waals surface area contributed by atoms with Crippen molar-refractivity contribution in [1.29, 1.82) is 0 Å². The Hall–Kier alpha value is -2.27. The molecular weight excluding hydrogens is 290 g/mol. The predicted octanol–water partition coefficient (Wildman–Crippen LogP) is 2.04. The number of carbonyl (C=O) groups is 1. The highest BCUT2D eigenvalue weighted by molar-refractivity contribution is 5.79. The summed E-state index contributed by atoms with van der Waals surface area (Å²) in [6.07, 6.45) is 2.08. The molecule has 23 heavy (non-hydrogen) atoms. The molecule has 1 N–H and O–H groups in total. The maximum atomic E-state index is 12.6. The van der Waals surface area contributed by atoms with Crippen LogP contribution in [0.1, 0.15) is 24.2 Å². The number of amides is 1. The van der Waals surface area contributed by atoms with E-state index in [0.29, 0.717) is 13.1 Å². The predicted molar refractivity (Wildman–Crippen MR) is 89.5 cm³/mol. The number of aromatic nitrogens is 1. The van der Waals surface area contributed by atoms with Crippen molar-refractivity contribution in [3.8, 4) is 5.75 Å². The van der Waals surface area contributed by atoms with E-state index in [1.165, 1.54) is 0 Å². The van der Waals surface area contributed by atoms with Crippen LogP contribution in [0, 0.1) is 0 Å². The van der Waals surface area contributed by atoms with E-state index in [-0.39, 0.29) is 11.9 Å². The second kappa shape index (κ2) is 6.87. The highest BCUT2D eigenvalue weighted by Gasteiger charge is 2.31. The summed E-state index contributed by atoms with van der Waals surface area (Å²) < 4.78 is 7.58. The summed E-state index contributed by atoms with van der Waals surface area (Å²) in [5.41, 5.74) is 2.23. The van der Waals surface area contributed by atoms with Gasteiger partial charge in [0.05, 0.1) is 19.7 Å². The minimum Gasteiger partial charge on any atom is -0.497 e. The molecule has 0 saturated carbocycles. The number of hydrogen-bond donors (Lipinski definition) is 1. The van der Waals surface area contributed by atoms with Crippen LogP contribution in [0.3, 0.4) is 0 Å². The molecule has 1 aliphatic rings. The molecule has 0 spiro atoms. The quantitative estimate of drug-likeness (QED) is 0.919. The second-order valence-electron chi connectivity index (χ2n) is 5.67. The SMILES string of the molecule is CCNCC(=O)N1CCn2cccc2C1c1cccc(OC)c1. The minimum absolute atomic E-state index is 0.0694. The number of ether oxygens (including phenoxy) is 1. The molecule has 0 saturated heterocycles. The molecule has 1 unspecified atom stereocenters. The fourth-order valence-corrected chi connectivity index (χ4v) is 3.15. The van der Waals surface area contributed by atoms with E-state index in [2.05, 4.69) is 28.2 Å². The summed E-state index contributed by atoms with van der Waals surface area (Å²) in [5, 5.41) is 3.13. The molecular formula is C18H23N3O2. The Morgan fingerprint density at radius 3 is 2.96 bits per heavy atom. The molecule has 3 rings (SSSR count). The molecule has 1 amide bonds. The zero-order chi connectivity index (χ0) is 16.2. The lowest BCUT2D eigenvalue weighted by atomic mass is 9.99. The van der Waals surface area contributed by atoms with Crippen molar-refractivity contribution < 1.29 is 9.53 Å². The number of rotatable bonds is 5. The first-order valence-electron chi connectivity index (χ1n) is 8.03. The molecule has 0 fully saturated rings. The van der Waals surface area contributed by atoms with E-state index in [9.17, 15) is 4.79 Å². The number of nitrogens with zero attached hydrogens (tertiary/aromatic N) is 2. The maximum absolute atomic E-state index is 12.6. The number of benzene rings is 1. The number of methoxy groups -OCH3 is 1. The van der Waals surface area contributed by atoms with Crippen molar-refractivity contribution in [2.45, 2.75) is 19.5 Å². The Kier molecular flexibility index (Phi) is 4.67. The summed E-state index contributed by atoms with van der Waals surface area (Å²) >= 11 is 0. The van der Waals surface area contributed by atoms with Gasteiger partial charge in [0.15, 0.2) is 0 Å². The number of nitrogens with one attached hydrogen (secondary N) is 1. The molecule has 5 nitrogen and oxygen atoms in total. The Bertz CT molecular complexity index is 680. The van der Waals surface area contributed by atoms with E-state index >= 15 is 0 Å². The van der Waals surface area contributed by atoms with Gasteiger partial charge in [-0.2, -0.15) is 0 Å². The number of likely N-dealkylation sites (N-methyl/N-ethyl adjacent to an activating group) is 1. The van der Waals surface area contributed by atoms with Crippen LogP contribution >= 0.6 is 0 Å². The molecule has 122 valence electrons. The highest BCUT2D eigenvalue weighted by Crippen LogP contribution is 2.33. The molecule has 1 atom stereocenters. The van der Waals surface area contributed by atoms with Gasteiger partial charge in [0.1, 0.15) is 5.75 Å². The highest BCUT2D eigenvalue weighted by atomic mass is 16.5. The fraction of sp³-hybridized carbons (Fsp3) is 0.389. The van der Waals surface area contributed by atoms with E-state index in [0.717, 1.165) is 30.1 Å². The minimum atomic E-state index is -0.0694. The van der Waals surface area contributed by atoms with Crippen LogP contribution in [-0.2, 0) is 11.3 Å².